The van der Waals surface area contributed by atoms with Crippen LogP contribution in [0.1, 0.15) is 12.8 Å². The predicted octanol–water partition coefficient (Wildman–Crippen LogP) is 0.805. The zero-order valence-electron chi connectivity index (χ0n) is 4.55. The Morgan fingerprint density at radius 1 is 1.71 bits per heavy atom. The molecule has 1 heterocycles. The second-order valence-electron chi connectivity index (χ2n) is 1.90. The van der Waals surface area contributed by atoms with Gasteiger partial charge in [-0.2, -0.15) is 0 Å². The van der Waals surface area contributed by atoms with Gasteiger partial charge in [-0.3, -0.25) is 0 Å². The van der Waals surface area contributed by atoms with Gasteiger partial charge < -0.3 is 0 Å². The zero-order valence-corrected chi connectivity index (χ0v) is 4.55. The van der Waals surface area contributed by atoms with Crippen molar-refractivity contribution in [3.8, 4) is 0 Å². The van der Waals surface area contributed by atoms with Gasteiger partial charge in [0, 0.05) is 0 Å². The van der Waals surface area contributed by atoms with Gasteiger partial charge in [0.1, 0.15) is 0 Å². The second-order valence-corrected chi connectivity index (χ2v) is 1.90. The SMILES string of the molecule is [Li][CH]1CCC=CO1. The van der Waals surface area contributed by atoms with E-state index in [2.05, 4.69) is 23.8 Å². The molecule has 1 atom stereocenters. The summed E-state index contributed by atoms with van der Waals surface area (Å²) in [6.45, 7) is 0. The van der Waals surface area contributed by atoms with Gasteiger partial charge in [-0.05, 0) is 0 Å². The van der Waals surface area contributed by atoms with Crippen molar-refractivity contribution < 1.29 is 4.74 Å². The molecular formula is C5H7LiO. The molecule has 0 saturated carbocycles. The summed E-state index contributed by atoms with van der Waals surface area (Å²) in [6.07, 6.45) is 6.20. The van der Waals surface area contributed by atoms with Crippen LogP contribution in [0.5, 0.6) is 0 Å². The molecule has 0 spiro atoms. The quantitative estimate of drug-likeness (QED) is 0.400. The summed E-state index contributed by atoms with van der Waals surface area (Å²) in [7, 11) is 0. The monoisotopic (exact) mass is 90.1 g/mol. The predicted molar refractivity (Wildman–Crippen MR) is 29.0 cm³/mol. The standard InChI is InChI=1S/C5H7O.Li/c1-2-4-6-5-3-1;/h2,4-5H,1,3H2;. The Morgan fingerprint density at radius 2 is 2.57 bits per heavy atom. The van der Waals surface area contributed by atoms with Crippen LogP contribution in [-0.4, -0.2) is 22.5 Å². The molecule has 0 bridgehead atoms. The number of hydrogen-bond acceptors (Lipinski definition) is 1. The molecule has 1 unspecified atom stereocenters. The van der Waals surface area contributed by atoms with Gasteiger partial charge in [0.2, 0.25) is 0 Å². The molecule has 2 heteroatoms. The Labute approximate surface area is 52.9 Å². The van der Waals surface area contributed by atoms with E-state index < -0.39 is 0 Å². The van der Waals surface area contributed by atoms with Gasteiger partial charge in [0.05, 0.1) is 0 Å². The first-order valence-electron chi connectivity index (χ1n) is 2.70. The van der Waals surface area contributed by atoms with Crippen molar-refractivity contribution in [3.05, 3.63) is 12.3 Å². The van der Waals surface area contributed by atoms with Crippen LogP contribution in [0, 0.1) is 0 Å². The normalized spacial score (nSPS) is 29.7. The average molecular weight is 90.1 g/mol. The van der Waals surface area contributed by atoms with Crippen molar-refractivity contribution in [2.75, 3.05) is 0 Å². The molecule has 1 aliphatic rings. The maximum atomic E-state index is 5.10. The summed E-state index contributed by atoms with van der Waals surface area (Å²) in [5.74, 6) is 0. The third kappa shape index (κ3) is 1.59. The zero-order chi connectivity index (χ0) is 5.11. The van der Waals surface area contributed by atoms with Gasteiger partial charge in [-0.15, -0.1) is 0 Å². The molecule has 0 amide bonds. The van der Waals surface area contributed by atoms with Crippen molar-refractivity contribution >= 4 is 17.7 Å². The molecule has 0 saturated heterocycles. The van der Waals surface area contributed by atoms with Crippen LogP contribution >= 0.6 is 0 Å². The Morgan fingerprint density at radius 3 is 2.86 bits per heavy atom. The van der Waals surface area contributed by atoms with E-state index in [0.717, 1.165) is 0 Å². The summed E-state index contributed by atoms with van der Waals surface area (Å²) < 4.78 is 5.55. The minimum atomic E-state index is 0.449. The van der Waals surface area contributed by atoms with E-state index in [1.54, 1.807) is 6.26 Å². The van der Waals surface area contributed by atoms with Gasteiger partial charge >= 0.3 is 52.4 Å². The van der Waals surface area contributed by atoms with Gasteiger partial charge in [0.25, 0.3) is 0 Å². The molecule has 7 heavy (non-hydrogen) atoms. The van der Waals surface area contributed by atoms with Crippen LogP contribution in [-0.2, 0) is 4.74 Å². The van der Waals surface area contributed by atoms with Crippen molar-refractivity contribution in [3.63, 3.8) is 0 Å². The minimum absolute atomic E-state index is 0.449. The van der Waals surface area contributed by atoms with Crippen LogP contribution in [0.2, 0.25) is 0 Å². The molecule has 0 aromatic carbocycles. The summed E-state index contributed by atoms with van der Waals surface area (Å²) in [4.78, 5) is 0. The fraction of sp³-hybridized carbons (Fsp3) is 0.600. The fourth-order valence-corrected chi connectivity index (χ4v) is 0.657. The van der Waals surface area contributed by atoms with E-state index in [0.29, 0.717) is 4.78 Å². The Bertz CT molecular complexity index is 80.1. The van der Waals surface area contributed by atoms with Crippen LogP contribution < -0.4 is 0 Å². The molecule has 0 aromatic rings. The van der Waals surface area contributed by atoms with E-state index in [4.69, 9.17) is 4.74 Å². The first-order valence-corrected chi connectivity index (χ1v) is 2.70. The number of hydrogen-bond donors (Lipinski definition) is 0. The molecule has 0 aliphatic carbocycles. The van der Waals surface area contributed by atoms with E-state index in [1.807, 2.05) is 0 Å². The molecule has 34 valence electrons. The first kappa shape index (κ1) is 5.28. The summed E-state index contributed by atoms with van der Waals surface area (Å²) in [5.41, 5.74) is 0. The van der Waals surface area contributed by atoms with Crippen molar-refractivity contribution in [2.45, 2.75) is 17.6 Å². The summed E-state index contributed by atoms with van der Waals surface area (Å²) in [6, 6.07) is 0. The molecule has 1 aliphatic heterocycles. The Kier molecular flexibility index (Phi) is 1.84. The third-order valence-corrected chi connectivity index (χ3v) is 1.15. The molecule has 0 aromatic heterocycles. The molecule has 0 radical (unpaired) electrons. The van der Waals surface area contributed by atoms with Crippen LogP contribution in [0.25, 0.3) is 0 Å². The van der Waals surface area contributed by atoms with Crippen molar-refractivity contribution in [1.29, 1.82) is 0 Å². The molecule has 0 fully saturated rings. The Hall–Kier alpha value is 0.137. The summed E-state index contributed by atoms with van der Waals surface area (Å²) >= 11 is 2.09. The fourth-order valence-electron chi connectivity index (χ4n) is 0.657. The summed E-state index contributed by atoms with van der Waals surface area (Å²) in [5, 5.41) is 0. The third-order valence-electron chi connectivity index (χ3n) is 1.15. The van der Waals surface area contributed by atoms with Crippen LogP contribution in [0.15, 0.2) is 12.3 Å². The molecule has 1 nitrogen and oxygen atoms in total. The van der Waals surface area contributed by atoms with E-state index in [-0.39, 0.29) is 0 Å². The first-order chi connectivity index (χ1) is 3.39. The maximum absolute atomic E-state index is 5.10. The van der Waals surface area contributed by atoms with Crippen LogP contribution in [0.3, 0.4) is 0 Å². The topological polar surface area (TPSA) is 9.23 Å². The van der Waals surface area contributed by atoms with E-state index in [9.17, 15) is 0 Å². The number of rotatable bonds is 0. The Balaban J connectivity index is 2.32. The van der Waals surface area contributed by atoms with E-state index >= 15 is 0 Å². The molecule has 1 rings (SSSR count). The average Bonchev–Trinajstić information content (AvgIpc) is 1.69. The van der Waals surface area contributed by atoms with Gasteiger partial charge in [-0.25, -0.2) is 0 Å². The van der Waals surface area contributed by atoms with Crippen LogP contribution in [0.4, 0.5) is 0 Å². The number of allylic oxidation sites excluding steroid dienone is 1. The molecule has 0 N–H and O–H groups in total. The van der Waals surface area contributed by atoms with Gasteiger partial charge in [-0.1, -0.05) is 0 Å². The second kappa shape index (κ2) is 2.45. The van der Waals surface area contributed by atoms with Gasteiger partial charge in [0.15, 0.2) is 0 Å². The molecular weight excluding hydrogens is 83.0 g/mol. The van der Waals surface area contributed by atoms with Crippen molar-refractivity contribution in [1.82, 2.24) is 0 Å². The van der Waals surface area contributed by atoms with Crippen molar-refractivity contribution in [2.24, 2.45) is 0 Å². The number of ether oxygens (including phenoxy) is 1. The van der Waals surface area contributed by atoms with E-state index in [1.165, 1.54) is 12.8 Å².